The second kappa shape index (κ2) is 21.0. The van der Waals surface area contributed by atoms with Crippen LogP contribution >= 0.6 is 7.82 Å². The third-order valence-corrected chi connectivity index (χ3v) is 10.4. The smallest absolute Gasteiger partial charge is 0.352 e. The van der Waals surface area contributed by atoms with Gasteiger partial charge in [-0.2, -0.15) is 4.98 Å². The number of nitrogens with zero attached hydrogens (tertiary/aromatic N) is 3. The van der Waals surface area contributed by atoms with Crippen LogP contribution in [0, 0.1) is 6.92 Å². The lowest BCUT2D eigenvalue weighted by Gasteiger charge is -2.19. The highest BCUT2D eigenvalue weighted by atomic mass is 31.2. The van der Waals surface area contributed by atoms with Crippen LogP contribution in [-0.4, -0.2) is 61.5 Å². The van der Waals surface area contributed by atoms with E-state index in [0.29, 0.717) is 19.3 Å². The number of amides is 1. The van der Waals surface area contributed by atoms with Crippen molar-refractivity contribution in [2.24, 2.45) is 0 Å². The molecule has 2 aromatic heterocycles. The van der Waals surface area contributed by atoms with E-state index in [-0.39, 0.29) is 30.3 Å². The van der Waals surface area contributed by atoms with Gasteiger partial charge in [-0.25, -0.2) is 18.5 Å². The molecule has 0 bridgehead atoms. The number of ether oxygens (including phenoxy) is 2. The molecule has 292 valence electrons. The summed E-state index contributed by atoms with van der Waals surface area (Å²) < 4.78 is 50.9. The molecule has 2 saturated heterocycles. The molecule has 0 aliphatic carbocycles. The number of phosphoric acid groups is 1. The van der Waals surface area contributed by atoms with E-state index < -0.39 is 62.2 Å². The average molecular weight is 756 g/mol. The topological polar surface area (TPSA) is 193 Å². The summed E-state index contributed by atoms with van der Waals surface area (Å²) in [6, 6.07) is 1.52. The van der Waals surface area contributed by atoms with Crippen LogP contribution in [0.4, 0.5) is 10.2 Å². The van der Waals surface area contributed by atoms with Crippen molar-refractivity contribution < 1.29 is 37.2 Å². The summed E-state index contributed by atoms with van der Waals surface area (Å²) in [5, 5.41) is 2.68. The predicted molar refractivity (Wildman–Crippen MR) is 192 cm³/mol. The minimum Gasteiger partial charge on any atom is -0.352 e. The highest BCUT2D eigenvalue weighted by Gasteiger charge is 2.39. The van der Waals surface area contributed by atoms with E-state index >= 15 is 0 Å². The molecule has 1 unspecified atom stereocenters. The molecule has 6 atom stereocenters. The van der Waals surface area contributed by atoms with E-state index in [2.05, 4.69) is 22.2 Å². The highest BCUT2D eigenvalue weighted by molar-refractivity contribution is 7.47. The third kappa shape index (κ3) is 13.4. The second-order valence-electron chi connectivity index (χ2n) is 13.8. The molecule has 0 spiro atoms. The van der Waals surface area contributed by atoms with E-state index in [1.807, 2.05) is 0 Å². The second-order valence-corrected chi connectivity index (χ2v) is 15.2. The molecule has 52 heavy (non-hydrogen) atoms. The number of nitrogens with one attached hydrogen (secondary N) is 2. The van der Waals surface area contributed by atoms with Crippen molar-refractivity contribution in [1.29, 1.82) is 0 Å². The zero-order valence-corrected chi connectivity index (χ0v) is 31.2. The Bertz CT molecular complexity index is 1650. The van der Waals surface area contributed by atoms with Crippen LogP contribution in [0.15, 0.2) is 32.8 Å². The fourth-order valence-electron chi connectivity index (χ4n) is 6.42. The van der Waals surface area contributed by atoms with Gasteiger partial charge >= 0.3 is 19.2 Å². The number of carbonyl (C=O) groups is 1. The number of hydrogen-bond acceptors (Lipinski definition) is 10. The molecule has 15 nitrogen and oxygen atoms in total. The number of phosphoric ester groups is 1. The Kier molecular flexibility index (Phi) is 16.9. The summed E-state index contributed by atoms with van der Waals surface area (Å²) in [5.74, 6) is -0.0375. The molecule has 0 aromatic carbocycles. The zero-order chi connectivity index (χ0) is 37.5. The number of aromatic nitrogens is 4. The molecular formula is C35H55FN5O10P. The van der Waals surface area contributed by atoms with E-state index in [1.54, 1.807) is 0 Å². The van der Waals surface area contributed by atoms with Gasteiger partial charge in [0.15, 0.2) is 0 Å². The number of halogens is 1. The number of anilines is 1. The first kappa shape index (κ1) is 41.7. The summed E-state index contributed by atoms with van der Waals surface area (Å²) in [4.78, 5) is 65.2. The van der Waals surface area contributed by atoms with Crippen molar-refractivity contribution in [2.75, 3.05) is 18.5 Å². The standard InChI is InChI=1S/C35H55FN5O10P/c1-3-4-5-6-7-8-9-10-11-12-13-14-15-16-30(42)37-29-19-20-40(34(44)38-29)31-18-17-26(50-31)23-48-52(46,47)49-24-28-27(36)21-32(51-28)41-22-25(2)33(43)39-35(41)45/h19-20,22,26-28,31-32H,3-18,21,23-24H2,1-2H3,(H,46,47)(H,39,43,45)(H,37,38,42,44)/t26-,27-,28+,31+,32+/m0/s1. The summed E-state index contributed by atoms with van der Waals surface area (Å²) in [7, 11) is -4.65. The van der Waals surface area contributed by atoms with Gasteiger partial charge in [0.1, 0.15) is 30.5 Å². The van der Waals surface area contributed by atoms with Crippen LogP contribution in [0.5, 0.6) is 0 Å². The maximum absolute atomic E-state index is 14.6. The Morgan fingerprint density at radius 2 is 1.60 bits per heavy atom. The van der Waals surface area contributed by atoms with E-state index in [4.69, 9.17) is 18.5 Å². The van der Waals surface area contributed by atoms with Crippen molar-refractivity contribution in [3.63, 3.8) is 0 Å². The minimum atomic E-state index is -4.65. The quantitative estimate of drug-likeness (QED) is 0.0896. The number of rotatable bonds is 23. The maximum atomic E-state index is 14.6. The summed E-state index contributed by atoms with van der Waals surface area (Å²) >= 11 is 0. The van der Waals surface area contributed by atoms with Crippen molar-refractivity contribution >= 4 is 19.5 Å². The molecule has 0 saturated carbocycles. The summed E-state index contributed by atoms with van der Waals surface area (Å²) in [6.07, 6.45) is 14.3. The molecule has 3 N–H and O–H groups in total. The Morgan fingerprint density at radius 3 is 2.25 bits per heavy atom. The van der Waals surface area contributed by atoms with E-state index in [9.17, 15) is 33.0 Å². The maximum Gasteiger partial charge on any atom is 0.472 e. The fraction of sp³-hybridized carbons (Fsp3) is 0.743. The monoisotopic (exact) mass is 755 g/mol. The lowest BCUT2D eigenvalue weighted by Crippen LogP contribution is -2.33. The van der Waals surface area contributed by atoms with Gasteiger partial charge in [0.05, 0.1) is 19.3 Å². The molecule has 17 heteroatoms. The lowest BCUT2D eigenvalue weighted by molar-refractivity contribution is -0.116. The van der Waals surface area contributed by atoms with E-state index in [0.717, 1.165) is 23.8 Å². The SMILES string of the molecule is CCCCCCCCCCCCCCCC(=O)Nc1ccn([C@H]2CC[C@@H](COP(=O)(O)OC[C@H]3O[C@@H](n4cc(C)c(=O)[nH]c4=O)C[C@@H]3F)O2)c(=O)n1. The first-order chi connectivity index (χ1) is 25.0. The Labute approximate surface area is 303 Å². The number of H-pyrrole nitrogens is 1. The van der Waals surface area contributed by atoms with Gasteiger partial charge in [0.25, 0.3) is 5.56 Å². The van der Waals surface area contributed by atoms with Gasteiger partial charge in [0, 0.05) is 30.8 Å². The van der Waals surface area contributed by atoms with Crippen LogP contribution in [0.3, 0.4) is 0 Å². The largest absolute Gasteiger partial charge is 0.472 e. The fourth-order valence-corrected chi connectivity index (χ4v) is 7.18. The number of alkyl halides is 1. The van der Waals surface area contributed by atoms with Gasteiger partial charge in [-0.1, -0.05) is 84.0 Å². The first-order valence-corrected chi connectivity index (χ1v) is 20.2. The number of aryl methyl sites for hydroxylation is 1. The summed E-state index contributed by atoms with van der Waals surface area (Å²) in [5.41, 5.74) is -1.71. The van der Waals surface area contributed by atoms with Crippen molar-refractivity contribution in [3.8, 4) is 0 Å². The molecule has 1 amide bonds. The van der Waals surface area contributed by atoms with Crippen LogP contribution in [0.1, 0.15) is 134 Å². The van der Waals surface area contributed by atoms with Crippen LogP contribution in [0.25, 0.3) is 0 Å². The molecule has 2 fully saturated rings. The number of aromatic amines is 1. The highest BCUT2D eigenvalue weighted by Crippen LogP contribution is 2.45. The molecular weight excluding hydrogens is 700 g/mol. The Hall–Kier alpha value is -3.01. The van der Waals surface area contributed by atoms with Crippen molar-refractivity contribution in [1.82, 2.24) is 19.1 Å². The van der Waals surface area contributed by atoms with Crippen LogP contribution < -0.4 is 22.3 Å². The van der Waals surface area contributed by atoms with E-state index in [1.165, 1.54) is 94.2 Å². The molecule has 4 rings (SSSR count). The molecule has 2 aliphatic heterocycles. The van der Waals surface area contributed by atoms with Crippen LogP contribution in [0.2, 0.25) is 0 Å². The summed E-state index contributed by atoms with van der Waals surface area (Å²) in [6.45, 7) is 2.77. The molecule has 4 heterocycles. The predicted octanol–water partition coefficient (Wildman–Crippen LogP) is 5.96. The Balaban J connectivity index is 1.10. The first-order valence-electron chi connectivity index (χ1n) is 18.7. The normalized spacial score (nSPS) is 22.8. The number of unbranched alkanes of at least 4 members (excludes halogenated alkanes) is 12. The van der Waals surface area contributed by atoms with Crippen molar-refractivity contribution in [3.05, 3.63) is 55.3 Å². The molecule has 2 aliphatic rings. The van der Waals surface area contributed by atoms with Crippen molar-refractivity contribution in [2.45, 2.75) is 154 Å². The number of carbonyl (C=O) groups excluding carboxylic acids is 1. The lowest BCUT2D eigenvalue weighted by atomic mass is 10.0. The van der Waals surface area contributed by atoms with Gasteiger partial charge in [-0.15, -0.1) is 0 Å². The van der Waals surface area contributed by atoms with Gasteiger partial charge in [-0.3, -0.25) is 32.8 Å². The minimum absolute atomic E-state index is 0.158. The van der Waals surface area contributed by atoms with Gasteiger partial charge in [0.2, 0.25) is 5.91 Å². The van der Waals surface area contributed by atoms with Crippen LogP contribution in [-0.2, 0) is 27.9 Å². The Morgan fingerprint density at radius 1 is 0.962 bits per heavy atom. The average Bonchev–Trinajstić information content (AvgIpc) is 3.73. The third-order valence-electron chi connectivity index (χ3n) is 9.44. The van der Waals surface area contributed by atoms with Gasteiger partial charge < -0.3 is 19.7 Å². The zero-order valence-electron chi connectivity index (χ0n) is 30.3. The number of hydrogen-bond donors (Lipinski definition) is 3. The van der Waals surface area contributed by atoms with Gasteiger partial charge in [-0.05, 0) is 32.3 Å². The molecule has 2 aromatic rings. The molecule has 0 radical (unpaired) electrons.